The fourth-order valence-corrected chi connectivity index (χ4v) is 3.31. The Kier molecular flexibility index (Phi) is 4.04. The van der Waals surface area contributed by atoms with Gasteiger partial charge in [-0.3, -0.25) is 19.7 Å². The number of nitrogens with one attached hydrogen (secondary N) is 1. The molecule has 3 amide bonds. The van der Waals surface area contributed by atoms with Crippen molar-refractivity contribution in [3.8, 4) is 5.75 Å². The van der Waals surface area contributed by atoms with E-state index in [1.54, 1.807) is 30.3 Å². The molecule has 7 heteroatoms. The van der Waals surface area contributed by atoms with Crippen molar-refractivity contribution in [2.75, 3.05) is 0 Å². The Morgan fingerprint density at radius 2 is 2.04 bits per heavy atom. The van der Waals surface area contributed by atoms with E-state index in [-0.39, 0.29) is 31.8 Å². The molecule has 0 unspecified atom stereocenters. The van der Waals surface area contributed by atoms with E-state index in [0.717, 1.165) is 4.90 Å². The third-order valence-electron chi connectivity index (χ3n) is 4.64. The number of ether oxygens (including phenoxy) is 1. The van der Waals surface area contributed by atoms with Crippen LogP contribution >= 0.6 is 0 Å². The minimum absolute atomic E-state index is 0.00169. The average Bonchev–Trinajstić information content (AvgIpc) is 3.02. The molecule has 0 bridgehead atoms. The molecule has 27 heavy (non-hydrogen) atoms. The van der Waals surface area contributed by atoms with Gasteiger partial charge < -0.3 is 9.64 Å². The fourth-order valence-electron chi connectivity index (χ4n) is 3.31. The standard InChI is InChI=1S/C20H17FN2O4/c21-13-4-1-3-12(9-13)11-27-17-6-2-5-14-15(17)10-23(20(14)26)16-7-8-18(24)22-19(16)25/h1-6,9,16H,7-8,10-11H2,(H,22,24,25)/t16-/m0/s1/i16D. The van der Waals surface area contributed by atoms with E-state index < -0.39 is 23.7 Å². The molecular formula is C20H17FN2O4. The molecule has 0 aliphatic carbocycles. The van der Waals surface area contributed by atoms with E-state index in [0.29, 0.717) is 22.4 Å². The van der Waals surface area contributed by atoms with Crippen LogP contribution in [0, 0.1) is 5.82 Å². The summed E-state index contributed by atoms with van der Waals surface area (Å²) >= 11 is 0. The maximum absolute atomic E-state index is 13.3. The largest absolute Gasteiger partial charge is 0.489 e. The van der Waals surface area contributed by atoms with E-state index in [9.17, 15) is 18.8 Å². The van der Waals surface area contributed by atoms with E-state index in [1.165, 1.54) is 12.1 Å². The molecule has 6 nitrogen and oxygen atoms in total. The lowest BCUT2D eigenvalue weighted by Gasteiger charge is -2.29. The SMILES string of the molecule is [2H][C@]1(N2Cc3c(OCc4cccc(F)c4)cccc3C2=O)CCC(=O)NC1=O. The number of carbonyl (C=O) groups is 3. The number of carbonyl (C=O) groups excluding carboxylic acids is 3. The van der Waals surface area contributed by atoms with E-state index in [2.05, 4.69) is 5.32 Å². The number of amides is 3. The smallest absolute Gasteiger partial charge is 0.255 e. The number of halogens is 1. The number of benzene rings is 2. The number of hydrogen-bond donors (Lipinski definition) is 1. The van der Waals surface area contributed by atoms with Crippen LogP contribution in [0.3, 0.4) is 0 Å². The van der Waals surface area contributed by atoms with Crippen molar-refractivity contribution >= 4 is 17.7 Å². The fraction of sp³-hybridized carbons (Fsp3) is 0.250. The molecule has 4 rings (SSSR count). The summed E-state index contributed by atoms with van der Waals surface area (Å²) in [5.74, 6) is -1.63. The molecule has 0 saturated carbocycles. The van der Waals surface area contributed by atoms with Gasteiger partial charge in [0.1, 0.15) is 24.2 Å². The first-order chi connectivity index (χ1) is 13.4. The summed E-state index contributed by atoms with van der Waals surface area (Å²) in [6.07, 6.45) is -0.0603. The topological polar surface area (TPSA) is 75.7 Å². The molecule has 1 saturated heterocycles. The zero-order valence-corrected chi connectivity index (χ0v) is 14.3. The predicted molar refractivity (Wildman–Crippen MR) is 93.2 cm³/mol. The summed E-state index contributed by atoms with van der Waals surface area (Å²) in [6, 6.07) is 9.13. The van der Waals surface area contributed by atoms with Gasteiger partial charge in [-0.15, -0.1) is 0 Å². The van der Waals surface area contributed by atoms with Gasteiger partial charge in [0.25, 0.3) is 5.91 Å². The van der Waals surface area contributed by atoms with Crippen molar-refractivity contribution in [1.29, 1.82) is 0 Å². The lowest BCUT2D eigenvalue weighted by Crippen LogP contribution is -2.52. The lowest BCUT2D eigenvalue weighted by molar-refractivity contribution is -0.136. The Morgan fingerprint density at radius 1 is 1.22 bits per heavy atom. The van der Waals surface area contributed by atoms with Crippen LogP contribution in [0.1, 0.15) is 35.7 Å². The minimum Gasteiger partial charge on any atom is -0.489 e. The molecule has 138 valence electrons. The lowest BCUT2D eigenvalue weighted by atomic mass is 10.0. The van der Waals surface area contributed by atoms with Gasteiger partial charge in [0, 0.05) is 17.5 Å². The summed E-state index contributed by atoms with van der Waals surface area (Å²) in [5.41, 5.74) is 1.56. The molecular weight excluding hydrogens is 351 g/mol. The molecule has 2 aromatic carbocycles. The number of fused-ring (bicyclic) bond motifs is 1. The van der Waals surface area contributed by atoms with E-state index >= 15 is 0 Å². The molecule has 2 heterocycles. The van der Waals surface area contributed by atoms with Crippen LogP contribution in [0.15, 0.2) is 42.5 Å². The number of rotatable bonds is 4. The van der Waals surface area contributed by atoms with Crippen molar-refractivity contribution in [1.82, 2.24) is 10.2 Å². The van der Waals surface area contributed by atoms with Crippen LogP contribution in [0.25, 0.3) is 0 Å². The second-order valence-electron chi connectivity index (χ2n) is 6.42. The highest BCUT2D eigenvalue weighted by atomic mass is 19.1. The summed E-state index contributed by atoms with van der Waals surface area (Å²) in [4.78, 5) is 37.7. The van der Waals surface area contributed by atoms with Gasteiger partial charge >= 0.3 is 0 Å². The minimum atomic E-state index is -1.84. The Labute approximate surface area is 156 Å². The first-order valence-corrected chi connectivity index (χ1v) is 8.54. The molecule has 2 aliphatic heterocycles. The highest BCUT2D eigenvalue weighted by Crippen LogP contribution is 2.33. The maximum atomic E-state index is 13.3. The Hall–Kier alpha value is -3.22. The molecule has 1 N–H and O–H groups in total. The van der Waals surface area contributed by atoms with Crippen molar-refractivity contribution in [2.45, 2.75) is 32.0 Å². The molecule has 1 fully saturated rings. The summed E-state index contributed by atoms with van der Waals surface area (Å²) in [6.45, 7) is 0.141. The number of imide groups is 1. The molecule has 0 radical (unpaired) electrons. The summed E-state index contributed by atoms with van der Waals surface area (Å²) in [7, 11) is 0. The third kappa shape index (κ3) is 3.28. The second-order valence-corrected chi connectivity index (χ2v) is 6.42. The Bertz CT molecular complexity index is 996. The van der Waals surface area contributed by atoms with Gasteiger partial charge in [-0.25, -0.2) is 4.39 Å². The van der Waals surface area contributed by atoms with Crippen LogP contribution in [-0.2, 0) is 22.7 Å². The van der Waals surface area contributed by atoms with Crippen LogP contribution in [0.2, 0.25) is 0 Å². The number of nitrogens with zero attached hydrogens (tertiary/aromatic N) is 1. The zero-order valence-electron chi connectivity index (χ0n) is 15.3. The molecule has 0 spiro atoms. The van der Waals surface area contributed by atoms with Crippen LogP contribution in [0.4, 0.5) is 4.39 Å². The Balaban J connectivity index is 1.58. The maximum Gasteiger partial charge on any atom is 0.255 e. The highest BCUT2D eigenvalue weighted by molar-refractivity contribution is 6.05. The number of piperidine rings is 1. The van der Waals surface area contributed by atoms with Gasteiger partial charge in [0.15, 0.2) is 0 Å². The predicted octanol–water partition coefficient (Wildman–Crippen LogP) is 2.17. The first kappa shape index (κ1) is 16.0. The number of hydrogen-bond acceptors (Lipinski definition) is 4. The van der Waals surface area contributed by atoms with Gasteiger partial charge in [0.05, 0.1) is 7.92 Å². The van der Waals surface area contributed by atoms with Crippen molar-refractivity contribution in [2.24, 2.45) is 0 Å². The molecule has 0 aromatic heterocycles. The Morgan fingerprint density at radius 3 is 2.81 bits per heavy atom. The van der Waals surface area contributed by atoms with Crippen LogP contribution < -0.4 is 10.1 Å². The normalized spacial score (nSPS) is 22.3. The quantitative estimate of drug-likeness (QED) is 0.838. The average molecular weight is 369 g/mol. The van der Waals surface area contributed by atoms with Crippen molar-refractivity contribution < 1.29 is 24.9 Å². The zero-order chi connectivity index (χ0) is 19.9. The highest BCUT2D eigenvalue weighted by Gasteiger charge is 2.40. The molecule has 2 aromatic rings. The van der Waals surface area contributed by atoms with E-state index in [1.807, 2.05) is 0 Å². The summed E-state index contributed by atoms with van der Waals surface area (Å²) < 4.78 is 27.6. The van der Waals surface area contributed by atoms with Crippen molar-refractivity contribution in [3.05, 3.63) is 65.0 Å². The first-order valence-electron chi connectivity index (χ1n) is 9.04. The van der Waals surface area contributed by atoms with Gasteiger partial charge in [-0.1, -0.05) is 18.2 Å². The van der Waals surface area contributed by atoms with Crippen molar-refractivity contribution in [3.63, 3.8) is 0 Å². The third-order valence-corrected chi connectivity index (χ3v) is 4.64. The van der Waals surface area contributed by atoms with Crippen LogP contribution in [0.5, 0.6) is 5.75 Å². The monoisotopic (exact) mass is 369 g/mol. The van der Waals surface area contributed by atoms with E-state index in [4.69, 9.17) is 6.11 Å². The summed E-state index contributed by atoms with van der Waals surface area (Å²) in [5, 5.41) is 2.13. The van der Waals surface area contributed by atoms with Gasteiger partial charge in [-0.05, 0) is 36.2 Å². The van der Waals surface area contributed by atoms with Gasteiger partial charge in [0.2, 0.25) is 11.8 Å². The second kappa shape index (κ2) is 6.83. The molecule has 2 aliphatic rings. The molecule has 1 atom stereocenters. The van der Waals surface area contributed by atoms with Crippen LogP contribution in [-0.4, -0.2) is 28.6 Å². The van der Waals surface area contributed by atoms with Gasteiger partial charge in [-0.2, -0.15) is 0 Å².